The van der Waals surface area contributed by atoms with Crippen LogP contribution in [0, 0.1) is 5.92 Å². The van der Waals surface area contributed by atoms with Crippen LogP contribution >= 0.6 is 11.3 Å². The van der Waals surface area contributed by atoms with Crippen molar-refractivity contribution in [3.05, 3.63) is 16.1 Å². The Kier molecular flexibility index (Phi) is 5.35. The highest BCUT2D eigenvalue weighted by atomic mass is 32.1. The molecule has 1 aromatic heterocycles. The minimum absolute atomic E-state index is 0.166. The predicted octanol–water partition coefficient (Wildman–Crippen LogP) is 4.01. The van der Waals surface area contributed by atoms with Crippen molar-refractivity contribution in [2.45, 2.75) is 72.4 Å². The van der Waals surface area contributed by atoms with Crippen LogP contribution in [0.4, 0.5) is 0 Å². The molecule has 0 radical (unpaired) electrons. The third-order valence-corrected chi connectivity index (χ3v) is 4.14. The van der Waals surface area contributed by atoms with Crippen LogP contribution in [-0.2, 0) is 11.8 Å². The van der Waals surface area contributed by atoms with Crippen molar-refractivity contribution in [1.82, 2.24) is 10.3 Å². The SMILES string of the molecule is CC(C)NC(C)C(C)Cc1nc(C(C)(C)C)cs1. The number of nitrogens with one attached hydrogen (secondary N) is 1. The molecule has 0 spiro atoms. The summed E-state index contributed by atoms with van der Waals surface area (Å²) >= 11 is 1.80. The Bertz CT molecular complexity index is 363. The van der Waals surface area contributed by atoms with Crippen LogP contribution in [-0.4, -0.2) is 17.1 Å². The maximum Gasteiger partial charge on any atom is 0.0931 e. The molecule has 0 saturated carbocycles. The molecule has 2 unspecified atom stereocenters. The summed E-state index contributed by atoms with van der Waals surface area (Å²) in [7, 11) is 0. The minimum Gasteiger partial charge on any atom is -0.312 e. The standard InChI is InChI=1S/C15H28N2S/c1-10(2)16-12(4)11(3)8-14-17-13(9-18-14)15(5,6)7/h9-12,16H,8H2,1-7H3. The monoisotopic (exact) mass is 268 g/mol. The summed E-state index contributed by atoms with van der Waals surface area (Å²) in [6, 6.07) is 1.08. The van der Waals surface area contributed by atoms with Gasteiger partial charge in [-0.05, 0) is 12.8 Å². The summed E-state index contributed by atoms with van der Waals surface area (Å²) in [5.74, 6) is 0.617. The van der Waals surface area contributed by atoms with E-state index in [9.17, 15) is 0 Å². The van der Waals surface area contributed by atoms with Gasteiger partial charge in [-0.3, -0.25) is 0 Å². The number of nitrogens with zero attached hydrogens (tertiary/aromatic N) is 1. The van der Waals surface area contributed by atoms with Gasteiger partial charge in [0, 0.05) is 29.3 Å². The van der Waals surface area contributed by atoms with Crippen molar-refractivity contribution < 1.29 is 0 Å². The van der Waals surface area contributed by atoms with Gasteiger partial charge in [-0.25, -0.2) is 4.98 Å². The van der Waals surface area contributed by atoms with Crippen LogP contribution in [0.5, 0.6) is 0 Å². The molecule has 1 N–H and O–H groups in total. The molecule has 3 heteroatoms. The Morgan fingerprint density at radius 2 is 1.83 bits per heavy atom. The molecule has 0 aromatic carbocycles. The molecule has 0 bridgehead atoms. The van der Waals surface area contributed by atoms with Gasteiger partial charge in [-0.2, -0.15) is 0 Å². The number of thiazole rings is 1. The Morgan fingerprint density at radius 3 is 2.28 bits per heavy atom. The largest absolute Gasteiger partial charge is 0.312 e. The maximum absolute atomic E-state index is 4.77. The van der Waals surface area contributed by atoms with Crippen molar-refractivity contribution >= 4 is 11.3 Å². The summed E-state index contributed by atoms with van der Waals surface area (Å²) in [5, 5.41) is 7.06. The fraction of sp³-hybridized carbons (Fsp3) is 0.800. The molecular formula is C15H28N2S. The number of hydrogen-bond acceptors (Lipinski definition) is 3. The number of aromatic nitrogens is 1. The van der Waals surface area contributed by atoms with Gasteiger partial charge in [0.25, 0.3) is 0 Å². The third-order valence-electron chi connectivity index (χ3n) is 3.27. The van der Waals surface area contributed by atoms with Gasteiger partial charge in [0.15, 0.2) is 0 Å². The zero-order valence-electron chi connectivity index (χ0n) is 12.9. The highest BCUT2D eigenvalue weighted by Crippen LogP contribution is 2.25. The van der Waals surface area contributed by atoms with E-state index >= 15 is 0 Å². The number of hydrogen-bond donors (Lipinski definition) is 1. The normalized spacial score (nSPS) is 16.0. The number of rotatable bonds is 5. The fourth-order valence-electron chi connectivity index (χ4n) is 1.89. The van der Waals surface area contributed by atoms with E-state index < -0.39 is 0 Å². The van der Waals surface area contributed by atoms with Crippen molar-refractivity contribution in [3.8, 4) is 0 Å². The smallest absolute Gasteiger partial charge is 0.0931 e. The topological polar surface area (TPSA) is 24.9 Å². The first-order valence-corrected chi connectivity index (χ1v) is 7.79. The minimum atomic E-state index is 0.166. The predicted molar refractivity (Wildman–Crippen MR) is 81.4 cm³/mol. The Balaban J connectivity index is 2.60. The summed E-state index contributed by atoms with van der Waals surface area (Å²) in [6.45, 7) is 15.6. The van der Waals surface area contributed by atoms with E-state index in [4.69, 9.17) is 4.98 Å². The van der Waals surface area contributed by atoms with Crippen LogP contribution < -0.4 is 5.32 Å². The van der Waals surface area contributed by atoms with Crippen molar-refractivity contribution in [1.29, 1.82) is 0 Å². The average molecular weight is 268 g/mol. The lowest BCUT2D eigenvalue weighted by atomic mass is 9.93. The second-order valence-electron chi connectivity index (χ2n) is 6.67. The molecule has 0 aliphatic carbocycles. The summed E-state index contributed by atoms with van der Waals surface area (Å²) in [6.07, 6.45) is 1.07. The molecule has 104 valence electrons. The van der Waals surface area contributed by atoms with E-state index in [1.165, 1.54) is 10.7 Å². The molecule has 1 rings (SSSR count). The van der Waals surface area contributed by atoms with E-state index in [-0.39, 0.29) is 5.41 Å². The van der Waals surface area contributed by atoms with Crippen molar-refractivity contribution in [3.63, 3.8) is 0 Å². The fourth-order valence-corrected chi connectivity index (χ4v) is 3.06. The first kappa shape index (κ1) is 15.6. The molecule has 0 amide bonds. The molecular weight excluding hydrogens is 240 g/mol. The van der Waals surface area contributed by atoms with Gasteiger partial charge < -0.3 is 5.32 Å². The highest BCUT2D eigenvalue weighted by molar-refractivity contribution is 7.09. The van der Waals surface area contributed by atoms with Gasteiger partial charge in [0.1, 0.15) is 0 Å². The van der Waals surface area contributed by atoms with Crippen LogP contribution in [0.3, 0.4) is 0 Å². The Hall–Kier alpha value is -0.410. The van der Waals surface area contributed by atoms with Gasteiger partial charge in [-0.15, -0.1) is 11.3 Å². The molecule has 0 fully saturated rings. The molecule has 0 aliphatic rings. The molecule has 2 atom stereocenters. The lowest BCUT2D eigenvalue weighted by molar-refractivity contribution is 0.371. The first-order chi connectivity index (χ1) is 8.20. The molecule has 18 heavy (non-hydrogen) atoms. The summed E-state index contributed by atoms with van der Waals surface area (Å²) < 4.78 is 0. The van der Waals surface area contributed by atoms with Crippen LogP contribution in [0.1, 0.15) is 59.2 Å². The highest BCUT2D eigenvalue weighted by Gasteiger charge is 2.19. The van der Waals surface area contributed by atoms with Crippen LogP contribution in [0.15, 0.2) is 5.38 Å². The second kappa shape index (κ2) is 6.16. The molecule has 0 saturated heterocycles. The molecule has 1 heterocycles. The zero-order valence-corrected chi connectivity index (χ0v) is 13.7. The summed E-state index contributed by atoms with van der Waals surface area (Å²) in [4.78, 5) is 4.77. The van der Waals surface area contributed by atoms with E-state index in [2.05, 4.69) is 59.2 Å². The van der Waals surface area contributed by atoms with Crippen molar-refractivity contribution in [2.75, 3.05) is 0 Å². The average Bonchev–Trinajstić information content (AvgIpc) is 2.64. The lowest BCUT2D eigenvalue weighted by Crippen LogP contribution is -2.37. The second-order valence-corrected chi connectivity index (χ2v) is 7.61. The van der Waals surface area contributed by atoms with Crippen molar-refractivity contribution in [2.24, 2.45) is 5.92 Å². The Labute approximate surface area is 116 Å². The molecule has 2 nitrogen and oxygen atoms in total. The van der Waals surface area contributed by atoms with E-state index in [1.54, 1.807) is 11.3 Å². The summed E-state index contributed by atoms with van der Waals surface area (Å²) in [5.41, 5.74) is 1.39. The maximum atomic E-state index is 4.77. The third kappa shape index (κ3) is 4.69. The van der Waals surface area contributed by atoms with Crippen LogP contribution in [0.2, 0.25) is 0 Å². The van der Waals surface area contributed by atoms with E-state index in [0.717, 1.165) is 6.42 Å². The Morgan fingerprint density at radius 1 is 1.22 bits per heavy atom. The molecule has 1 aromatic rings. The van der Waals surface area contributed by atoms with E-state index in [1.807, 2.05) is 0 Å². The molecule has 0 aliphatic heterocycles. The zero-order chi connectivity index (χ0) is 13.9. The van der Waals surface area contributed by atoms with Crippen LogP contribution in [0.25, 0.3) is 0 Å². The van der Waals surface area contributed by atoms with Gasteiger partial charge in [-0.1, -0.05) is 41.5 Å². The lowest BCUT2D eigenvalue weighted by Gasteiger charge is -2.23. The quantitative estimate of drug-likeness (QED) is 0.873. The van der Waals surface area contributed by atoms with Gasteiger partial charge in [0.2, 0.25) is 0 Å². The van der Waals surface area contributed by atoms with E-state index in [0.29, 0.717) is 18.0 Å². The van der Waals surface area contributed by atoms with Gasteiger partial charge >= 0.3 is 0 Å². The van der Waals surface area contributed by atoms with Gasteiger partial charge in [0.05, 0.1) is 10.7 Å². The first-order valence-electron chi connectivity index (χ1n) is 6.91.